The van der Waals surface area contributed by atoms with Gasteiger partial charge in [0.1, 0.15) is 6.10 Å². The van der Waals surface area contributed by atoms with Gasteiger partial charge in [-0.3, -0.25) is 0 Å². The molecule has 0 saturated carbocycles. The maximum Gasteiger partial charge on any atom is 0.182 e. The van der Waals surface area contributed by atoms with Gasteiger partial charge in [0.15, 0.2) is 6.29 Å². The van der Waals surface area contributed by atoms with Gasteiger partial charge < -0.3 is 15.3 Å². The molecule has 1 rings (SSSR count). The van der Waals surface area contributed by atoms with Crippen molar-refractivity contribution in [1.82, 2.24) is 0 Å². The zero-order valence-corrected chi connectivity index (χ0v) is 6.81. The van der Waals surface area contributed by atoms with Crippen LogP contribution in [0.4, 0.5) is 0 Å². The van der Waals surface area contributed by atoms with Crippen molar-refractivity contribution in [3.63, 3.8) is 0 Å². The topological polar surface area (TPSA) is 60.7 Å². The van der Waals surface area contributed by atoms with Crippen LogP contribution < -0.4 is 0 Å². The number of benzene rings is 1. The fourth-order valence-electron chi connectivity index (χ4n) is 1.08. The average Bonchev–Trinajstić information content (AvgIpc) is 2.04. The van der Waals surface area contributed by atoms with Gasteiger partial charge in [0.25, 0.3) is 0 Å². The van der Waals surface area contributed by atoms with E-state index in [2.05, 4.69) is 0 Å². The molecule has 0 fully saturated rings. The highest BCUT2D eigenvalue weighted by Crippen LogP contribution is 2.18. The SMILES string of the molecule is Cc1ccccc1C(O)C(O)O. The normalized spacial score (nSPS) is 13.4. The molecule has 3 heteroatoms. The zero-order chi connectivity index (χ0) is 9.14. The molecule has 0 bridgehead atoms. The molecule has 3 nitrogen and oxygen atoms in total. The average molecular weight is 168 g/mol. The van der Waals surface area contributed by atoms with E-state index in [4.69, 9.17) is 10.2 Å². The summed E-state index contributed by atoms with van der Waals surface area (Å²) in [5.41, 5.74) is 1.39. The number of rotatable bonds is 2. The molecule has 1 aromatic carbocycles. The molecule has 66 valence electrons. The first-order valence-electron chi connectivity index (χ1n) is 3.72. The van der Waals surface area contributed by atoms with Crippen LogP contribution >= 0.6 is 0 Å². The van der Waals surface area contributed by atoms with Crippen LogP contribution in [0.25, 0.3) is 0 Å². The van der Waals surface area contributed by atoms with Gasteiger partial charge in [0, 0.05) is 0 Å². The van der Waals surface area contributed by atoms with Crippen molar-refractivity contribution in [2.75, 3.05) is 0 Å². The lowest BCUT2D eigenvalue weighted by molar-refractivity contribution is -0.124. The second kappa shape index (κ2) is 3.67. The minimum Gasteiger partial charge on any atom is -0.383 e. The van der Waals surface area contributed by atoms with Crippen LogP contribution in [0.5, 0.6) is 0 Å². The van der Waals surface area contributed by atoms with Crippen LogP contribution in [0.15, 0.2) is 24.3 Å². The third kappa shape index (κ3) is 1.82. The lowest BCUT2D eigenvalue weighted by Crippen LogP contribution is -2.17. The number of aliphatic hydroxyl groups excluding tert-OH is 2. The summed E-state index contributed by atoms with van der Waals surface area (Å²) in [6.07, 6.45) is -2.93. The van der Waals surface area contributed by atoms with Gasteiger partial charge in [-0.2, -0.15) is 0 Å². The summed E-state index contributed by atoms with van der Waals surface area (Å²) in [7, 11) is 0. The Morgan fingerprint density at radius 1 is 1.08 bits per heavy atom. The molecule has 0 aliphatic rings. The largest absolute Gasteiger partial charge is 0.383 e. The third-order valence-corrected chi connectivity index (χ3v) is 1.79. The van der Waals surface area contributed by atoms with E-state index in [0.29, 0.717) is 5.56 Å². The Morgan fingerprint density at radius 3 is 2.17 bits per heavy atom. The van der Waals surface area contributed by atoms with Crippen molar-refractivity contribution in [2.24, 2.45) is 0 Å². The zero-order valence-electron chi connectivity index (χ0n) is 6.81. The van der Waals surface area contributed by atoms with E-state index in [9.17, 15) is 5.11 Å². The fourth-order valence-corrected chi connectivity index (χ4v) is 1.08. The lowest BCUT2D eigenvalue weighted by Gasteiger charge is -2.14. The van der Waals surface area contributed by atoms with Crippen LogP contribution in [0.2, 0.25) is 0 Å². The van der Waals surface area contributed by atoms with Crippen LogP contribution in [0.3, 0.4) is 0 Å². The van der Waals surface area contributed by atoms with Crippen LogP contribution in [0.1, 0.15) is 17.2 Å². The Morgan fingerprint density at radius 2 is 1.67 bits per heavy atom. The summed E-state index contributed by atoms with van der Waals surface area (Å²) in [6, 6.07) is 7.05. The summed E-state index contributed by atoms with van der Waals surface area (Å²) in [5.74, 6) is 0. The smallest absolute Gasteiger partial charge is 0.182 e. The maximum absolute atomic E-state index is 9.28. The molecule has 0 saturated heterocycles. The predicted octanol–water partition coefficient (Wildman–Crippen LogP) is 0.339. The van der Waals surface area contributed by atoms with Crippen molar-refractivity contribution in [3.8, 4) is 0 Å². The van der Waals surface area contributed by atoms with Gasteiger partial charge in [-0.15, -0.1) is 0 Å². The molecule has 1 atom stereocenters. The van der Waals surface area contributed by atoms with E-state index in [1.54, 1.807) is 25.1 Å². The highest BCUT2D eigenvalue weighted by Gasteiger charge is 2.16. The van der Waals surface area contributed by atoms with Gasteiger partial charge in [0.2, 0.25) is 0 Å². The van der Waals surface area contributed by atoms with E-state index in [-0.39, 0.29) is 0 Å². The van der Waals surface area contributed by atoms with Crippen LogP contribution in [-0.4, -0.2) is 21.6 Å². The number of aryl methyl sites for hydroxylation is 1. The number of hydrogen-bond donors (Lipinski definition) is 3. The molecule has 0 aliphatic heterocycles. The quantitative estimate of drug-likeness (QED) is 0.558. The standard InChI is InChI=1S/C9H12O3/c1-6-4-2-3-5-7(6)8(10)9(11)12/h2-5,8-12H,1H3. The Labute approximate surface area is 70.9 Å². The summed E-state index contributed by atoms with van der Waals surface area (Å²) in [5, 5.41) is 26.7. The Kier molecular flexibility index (Phi) is 2.81. The molecule has 0 heterocycles. The van der Waals surface area contributed by atoms with E-state index in [1.165, 1.54) is 0 Å². The van der Waals surface area contributed by atoms with Crippen LogP contribution in [-0.2, 0) is 0 Å². The molecule has 0 aliphatic carbocycles. The number of aliphatic hydroxyl groups is 3. The molecule has 0 aromatic heterocycles. The minimum atomic E-state index is -1.72. The van der Waals surface area contributed by atoms with Gasteiger partial charge in [-0.1, -0.05) is 24.3 Å². The van der Waals surface area contributed by atoms with Gasteiger partial charge >= 0.3 is 0 Å². The summed E-state index contributed by atoms with van der Waals surface area (Å²) >= 11 is 0. The molecule has 0 radical (unpaired) electrons. The molecule has 0 amide bonds. The van der Waals surface area contributed by atoms with Gasteiger partial charge in [-0.25, -0.2) is 0 Å². The van der Waals surface area contributed by atoms with Crippen molar-refractivity contribution in [3.05, 3.63) is 35.4 Å². The van der Waals surface area contributed by atoms with Gasteiger partial charge in [-0.05, 0) is 18.1 Å². The maximum atomic E-state index is 9.28. The van der Waals surface area contributed by atoms with Crippen molar-refractivity contribution in [2.45, 2.75) is 19.3 Å². The van der Waals surface area contributed by atoms with E-state index >= 15 is 0 Å². The Hall–Kier alpha value is -0.900. The fraction of sp³-hybridized carbons (Fsp3) is 0.333. The third-order valence-electron chi connectivity index (χ3n) is 1.79. The van der Waals surface area contributed by atoms with Gasteiger partial charge in [0.05, 0.1) is 0 Å². The molecular formula is C9H12O3. The molecular weight excluding hydrogens is 156 g/mol. The molecule has 1 unspecified atom stereocenters. The van der Waals surface area contributed by atoms with E-state index in [0.717, 1.165) is 5.56 Å². The molecule has 3 N–H and O–H groups in total. The molecule has 0 spiro atoms. The first-order valence-corrected chi connectivity index (χ1v) is 3.72. The first-order chi connectivity index (χ1) is 5.63. The van der Waals surface area contributed by atoms with Crippen molar-refractivity contribution < 1.29 is 15.3 Å². The van der Waals surface area contributed by atoms with E-state index < -0.39 is 12.4 Å². The highest BCUT2D eigenvalue weighted by atomic mass is 16.5. The van der Waals surface area contributed by atoms with E-state index in [1.807, 2.05) is 6.07 Å². The Balaban J connectivity index is 2.94. The summed E-state index contributed by atoms with van der Waals surface area (Å²) < 4.78 is 0. The van der Waals surface area contributed by atoms with Crippen molar-refractivity contribution >= 4 is 0 Å². The first kappa shape index (κ1) is 9.19. The molecule has 1 aromatic rings. The number of hydrogen-bond acceptors (Lipinski definition) is 3. The van der Waals surface area contributed by atoms with Crippen molar-refractivity contribution in [1.29, 1.82) is 0 Å². The highest BCUT2D eigenvalue weighted by molar-refractivity contribution is 5.27. The Bertz CT molecular complexity index is 258. The predicted molar refractivity (Wildman–Crippen MR) is 44.4 cm³/mol. The van der Waals surface area contributed by atoms with Crippen LogP contribution in [0, 0.1) is 6.92 Å². The molecule has 12 heavy (non-hydrogen) atoms. The summed E-state index contributed by atoms with van der Waals surface area (Å²) in [4.78, 5) is 0. The lowest BCUT2D eigenvalue weighted by atomic mass is 10.0. The minimum absolute atomic E-state index is 0.549. The monoisotopic (exact) mass is 168 g/mol. The summed E-state index contributed by atoms with van der Waals surface area (Å²) in [6.45, 7) is 1.81. The second-order valence-corrected chi connectivity index (χ2v) is 2.72. The second-order valence-electron chi connectivity index (χ2n) is 2.72.